The van der Waals surface area contributed by atoms with E-state index >= 15 is 0 Å². The molecule has 0 amide bonds. The Kier molecular flexibility index (Phi) is 5.07. The van der Waals surface area contributed by atoms with Crippen LogP contribution in [0.1, 0.15) is 48.9 Å². The number of hydrazine groups is 1. The molecule has 1 saturated heterocycles. The van der Waals surface area contributed by atoms with E-state index in [1.54, 1.807) is 0 Å². The van der Waals surface area contributed by atoms with Gasteiger partial charge in [0.25, 0.3) is 0 Å². The van der Waals surface area contributed by atoms with Crippen molar-refractivity contribution in [2.75, 3.05) is 13.1 Å². The van der Waals surface area contributed by atoms with Crippen molar-refractivity contribution in [2.24, 2.45) is 5.84 Å². The minimum Gasteiger partial charge on any atom is -0.297 e. The lowest BCUT2D eigenvalue weighted by Crippen LogP contribution is -2.59. The van der Waals surface area contributed by atoms with Gasteiger partial charge in [-0.15, -0.1) is 0 Å². The molecule has 3 N–H and O–H groups in total. The highest BCUT2D eigenvalue weighted by Crippen LogP contribution is 2.28. The third-order valence-corrected chi connectivity index (χ3v) is 5.22. The Labute approximate surface area is 129 Å². The highest BCUT2D eigenvalue weighted by Gasteiger charge is 2.36. The Morgan fingerprint density at radius 1 is 1.14 bits per heavy atom. The van der Waals surface area contributed by atoms with Crippen molar-refractivity contribution in [1.29, 1.82) is 0 Å². The smallest absolute Gasteiger partial charge is 0.0429 e. The number of hydrogen-bond donors (Lipinski definition) is 2. The summed E-state index contributed by atoms with van der Waals surface area (Å²) in [6.07, 6.45) is 3.60. The van der Waals surface area contributed by atoms with Gasteiger partial charge < -0.3 is 0 Å². The quantitative estimate of drug-likeness (QED) is 0.647. The zero-order valence-corrected chi connectivity index (χ0v) is 14.3. The first kappa shape index (κ1) is 16.5. The monoisotopic (exact) mass is 289 g/mol. The fourth-order valence-electron chi connectivity index (χ4n) is 3.76. The van der Waals surface area contributed by atoms with E-state index in [-0.39, 0.29) is 11.6 Å². The Morgan fingerprint density at radius 2 is 1.67 bits per heavy atom. The van der Waals surface area contributed by atoms with Crippen molar-refractivity contribution in [3.63, 3.8) is 0 Å². The summed E-state index contributed by atoms with van der Waals surface area (Å²) in [7, 11) is 0. The normalized spacial score (nSPS) is 18.2. The molecular formula is C18H31N3. The molecule has 0 spiro atoms. The zero-order valence-electron chi connectivity index (χ0n) is 14.3. The molecule has 3 heteroatoms. The van der Waals surface area contributed by atoms with Gasteiger partial charge in [-0.05, 0) is 83.7 Å². The van der Waals surface area contributed by atoms with E-state index in [0.29, 0.717) is 0 Å². The summed E-state index contributed by atoms with van der Waals surface area (Å²) in [5.74, 6) is 5.93. The maximum absolute atomic E-state index is 5.93. The molecule has 0 aromatic heterocycles. The van der Waals surface area contributed by atoms with Crippen LogP contribution in [-0.4, -0.2) is 29.6 Å². The number of hydrogen-bond acceptors (Lipinski definition) is 3. The summed E-state index contributed by atoms with van der Waals surface area (Å²) in [5.41, 5.74) is 8.71. The highest BCUT2D eigenvalue weighted by molar-refractivity contribution is 5.38. The Bertz CT molecular complexity index is 464. The molecule has 1 unspecified atom stereocenters. The molecule has 2 rings (SSSR count). The molecule has 118 valence electrons. The van der Waals surface area contributed by atoms with Crippen LogP contribution in [0, 0.1) is 20.8 Å². The predicted octanol–water partition coefficient (Wildman–Crippen LogP) is 2.86. The van der Waals surface area contributed by atoms with Crippen LogP contribution in [0.5, 0.6) is 0 Å². The molecule has 1 aliphatic heterocycles. The molecule has 3 nitrogen and oxygen atoms in total. The first-order valence-electron chi connectivity index (χ1n) is 8.14. The van der Waals surface area contributed by atoms with Crippen molar-refractivity contribution in [1.82, 2.24) is 10.3 Å². The van der Waals surface area contributed by atoms with Gasteiger partial charge in [-0.1, -0.05) is 17.7 Å². The summed E-state index contributed by atoms with van der Waals surface area (Å²) in [6.45, 7) is 13.6. The molecule has 0 radical (unpaired) electrons. The largest absolute Gasteiger partial charge is 0.297 e. The van der Waals surface area contributed by atoms with Crippen molar-refractivity contribution in [3.05, 3.63) is 34.4 Å². The van der Waals surface area contributed by atoms with E-state index in [1.165, 1.54) is 48.2 Å². The second kappa shape index (κ2) is 6.47. The molecule has 21 heavy (non-hydrogen) atoms. The predicted molar refractivity (Wildman–Crippen MR) is 90.4 cm³/mol. The molecule has 1 aromatic rings. The van der Waals surface area contributed by atoms with Crippen LogP contribution in [0.2, 0.25) is 0 Å². The molecule has 0 bridgehead atoms. The van der Waals surface area contributed by atoms with Crippen molar-refractivity contribution >= 4 is 0 Å². The number of likely N-dealkylation sites (tertiary alicyclic amines) is 1. The molecule has 0 aliphatic carbocycles. The van der Waals surface area contributed by atoms with Crippen LogP contribution in [0.15, 0.2) is 12.1 Å². The summed E-state index contributed by atoms with van der Waals surface area (Å²) < 4.78 is 0. The lowest BCUT2D eigenvalue weighted by atomic mass is 9.85. The maximum atomic E-state index is 5.93. The van der Waals surface area contributed by atoms with Crippen molar-refractivity contribution in [2.45, 2.75) is 65.5 Å². The standard InChI is InChI=1S/C18H31N3/c1-13-10-14(2)16(15(3)11-13)12-17(20-19)18(4,5)21-8-6-7-9-21/h10-11,17,20H,6-9,12,19H2,1-5H3. The van der Waals surface area contributed by atoms with E-state index < -0.39 is 0 Å². The van der Waals surface area contributed by atoms with Gasteiger partial charge in [-0.25, -0.2) is 0 Å². The third-order valence-electron chi connectivity index (χ3n) is 5.22. The number of rotatable bonds is 5. The van der Waals surface area contributed by atoms with Gasteiger partial charge in [0.1, 0.15) is 0 Å². The second-order valence-electron chi connectivity index (χ2n) is 7.15. The molecule has 1 aromatic carbocycles. The number of nitrogens with two attached hydrogens (primary N) is 1. The van der Waals surface area contributed by atoms with E-state index in [9.17, 15) is 0 Å². The number of aryl methyl sites for hydroxylation is 3. The van der Waals surface area contributed by atoms with Crippen LogP contribution in [0.3, 0.4) is 0 Å². The zero-order chi connectivity index (χ0) is 15.6. The first-order chi connectivity index (χ1) is 9.86. The number of nitrogens with one attached hydrogen (secondary N) is 1. The topological polar surface area (TPSA) is 41.3 Å². The molecule has 1 aliphatic rings. The fraction of sp³-hybridized carbons (Fsp3) is 0.667. The lowest BCUT2D eigenvalue weighted by molar-refractivity contribution is 0.106. The van der Waals surface area contributed by atoms with Crippen LogP contribution in [0.25, 0.3) is 0 Å². The van der Waals surface area contributed by atoms with Gasteiger partial charge in [0, 0.05) is 11.6 Å². The number of benzene rings is 1. The van der Waals surface area contributed by atoms with E-state index in [0.717, 1.165) is 6.42 Å². The Balaban J connectivity index is 2.23. The lowest BCUT2D eigenvalue weighted by Gasteiger charge is -2.42. The molecule has 1 fully saturated rings. The van der Waals surface area contributed by atoms with Crippen molar-refractivity contribution in [3.8, 4) is 0 Å². The molecule has 1 heterocycles. The minimum atomic E-state index is 0.0784. The second-order valence-corrected chi connectivity index (χ2v) is 7.15. The maximum Gasteiger partial charge on any atom is 0.0429 e. The molecular weight excluding hydrogens is 258 g/mol. The van der Waals surface area contributed by atoms with Crippen molar-refractivity contribution < 1.29 is 0 Å². The van der Waals surface area contributed by atoms with Gasteiger partial charge in [0.2, 0.25) is 0 Å². The van der Waals surface area contributed by atoms with E-state index in [2.05, 4.69) is 57.1 Å². The number of nitrogens with zero attached hydrogens (tertiary/aromatic N) is 1. The average Bonchev–Trinajstić information content (AvgIpc) is 2.92. The highest BCUT2D eigenvalue weighted by atomic mass is 15.3. The fourth-order valence-corrected chi connectivity index (χ4v) is 3.76. The molecule has 1 atom stereocenters. The summed E-state index contributed by atoms with van der Waals surface area (Å²) in [4.78, 5) is 2.58. The van der Waals surface area contributed by atoms with Gasteiger partial charge in [-0.2, -0.15) is 0 Å². The van der Waals surface area contributed by atoms with E-state index in [4.69, 9.17) is 5.84 Å². The van der Waals surface area contributed by atoms with Gasteiger partial charge >= 0.3 is 0 Å². The summed E-state index contributed by atoms with van der Waals surface area (Å²) in [6, 6.07) is 4.81. The van der Waals surface area contributed by atoms with Crippen LogP contribution in [0.4, 0.5) is 0 Å². The van der Waals surface area contributed by atoms with Gasteiger partial charge in [-0.3, -0.25) is 16.2 Å². The van der Waals surface area contributed by atoms with E-state index in [1.807, 2.05) is 0 Å². The molecule has 0 saturated carbocycles. The third kappa shape index (κ3) is 3.47. The SMILES string of the molecule is Cc1cc(C)c(CC(NN)C(C)(C)N2CCCC2)c(C)c1. The summed E-state index contributed by atoms with van der Waals surface area (Å²) in [5, 5.41) is 0. The van der Waals surface area contributed by atoms with Crippen LogP contribution >= 0.6 is 0 Å². The first-order valence-corrected chi connectivity index (χ1v) is 8.14. The minimum absolute atomic E-state index is 0.0784. The van der Waals surface area contributed by atoms with Gasteiger partial charge in [0.05, 0.1) is 0 Å². The Hall–Kier alpha value is -0.900. The summed E-state index contributed by atoms with van der Waals surface area (Å²) >= 11 is 0. The Morgan fingerprint density at radius 3 is 2.14 bits per heavy atom. The average molecular weight is 289 g/mol. The van der Waals surface area contributed by atoms with Crippen LogP contribution in [-0.2, 0) is 6.42 Å². The van der Waals surface area contributed by atoms with Gasteiger partial charge in [0.15, 0.2) is 0 Å². The van der Waals surface area contributed by atoms with Crippen LogP contribution < -0.4 is 11.3 Å².